The molecule has 3 amide bonds. The van der Waals surface area contributed by atoms with E-state index in [-0.39, 0.29) is 16.1 Å². The summed E-state index contributed by atoms with van der Waals surface area (Å²) < 4.78 is 38.8. The van der Waals surface area contributed by atoms with Gasteiger partial charge in [-0.3, -0.25) is 4.79 Å². The molecule has 1 heterocycles. The molecule has 0 spiro atoms. The van der Waals surface area contributed by atoms with E-state index in [1.807, 2.05) is 24.3 Å². The van der Waals surface area contributed by atoms with Gasteiger partial charge in [-0.1, -0.05) is 50.2 Å². The maximum atomic E-state index is 15.0. The molecular formula is C27H29FN4O4S. The number of carbonyl (C=O) groups excluding carboxylic acids is 2. The van der Waals surface area contributed by atoms with Crippen molar-refractivity contribution in [2.24, 2.45) is 5.14 Å². The molecule has 3 aromatic carbocycles. The van der Waals surface area contributed by atoms with Crippen LogP contribution in [0, 0.1) is 5.82 Å². The van der Waals surface area contributed by atoms with E-state index in [0.717, 1.165) is 11.6 Å². The number of carbonyl (C=O) groups is 2. The fourth-order valence-electron chi connectivity index (χ4n) is 4.38. The van der Waals surface area contributed by atoms with Crippen molar-refractivity contribution in [3.8, 4) is 11.1 Å². The van der Waals surface area contributed by atoms with E-state index in [1.165, 1.54) is 35.2 Å². The predicted molar refractivity (Wildman–Crippen MR) is 141 cm³/mol. The molecule has 37 heavy (non-hydrogen) atoms. The average molecular weight is 525 g/mol. The number of rotatable bonds is 6. The monoisotopic (exact) mass is 524 g/mol. The molecule has 1 aliphatic heterocycles. The number of hydrogen-bond donors (Lipinski definition) is 3. The number of nitrogens with one attached hydrogen (secondary N) is 2. The van der Waals surface area contributed by atoms with Crippen molar-refractivity contribution in [2.75, 3.05) is 17.2 Å². The lowest BCUT2D eigenvalue weighted by atomic mass is 10.0. The minimum atomic E-state index is -4.01. The Morgan fingerprint density at radius 2 is 1.73 bits per heavy atom. The summed E-state index contributed by atoms with van der Waals surface area (Å²) in [5.41, 5.74) is 2.25. The van der Waals surface area contributed by atoms with E-state index in [1.54, 1.807) is 6.07 Å². The van der Waals surface area contributed by atoms with Crippen LogP contribution < -0.4 is 15.8 Å². The molecule has 0 bridgehead atoms. The third kappa shape index (κ3) is 5.98. The smallest absolute Gasteiger partial charge is 0.322 e. The van der Waals surface area contributed by atoms with E-state index in [9.17, 15) is 22.4 Å². The van der Waals surface area contributed by atoms with Crippen LogP contribution in [0.5, 0.6) is 0 Å². The molecular weight excluding hydrogens is 495 g/mol. The number of anilines is 2. The van der Waals surface area contributed by atoms with Gasteiger partial charge in [0.1, 0.15) is 11.9 Å². The van der Waals surface area contributed by atoms with E-state index < -0.39 is 33.8 Å². The minimum Gasteiger partial charge on any atom is -0.322 e. The molecule has 0 radical (unpaired) electrons. The van der Waals surface area contributed by atoms with Crippen LogP contribution in [0.4, 0.5) is 20.6 Å². The molecule has 1 unspecified atom stereocenters. The zero-order valence-corrected chi connectivity index (χ0v) is 21.4. The van der Waals surface area contributed by atoms with Crippen LogP contribution in [0.1, 0.15) is 38.2 Å². The second kappa shape index (κ2) is 10.7. The van der Waals surface area contributed by atoms with E-state index in [0.29, 0.717) is 36.6 Å². The molecule has 0 saturated carbocycles. The Labute approximate surface area is 215 Å². The number of benzene rings is 3. The van der Waals surface area contributed by atoms with Gasteiger partial charge in [0.25, 0.3) is 0 Å². The number of sulfonamides is 1. The molecule has 3 aromatic rings. The van der Waals surface area contributed by atoms with Gasteiger partial charge < -0.3 is 15.5 Å². The summed E-state index contributed by atoms with van der Waals surface area (Å²) in [6, 6.07) is 16.4. The second-order valence-electron chi connectivity index (χ2n) is 9.28. The summed E-state index contributed by atoms with van der Waals surface area (Å²) in [5, 5.41) is 10.7. The quantitative estimate of drug-likeness (QED) is 0.425. The average Bonchev–Trinajstić information content (AvgIpc) is 3.35. The van der Waals surface area contributed by atoms with E-state index >= 15 is 0 Å². The fraction of sp³-hybridized carbons (Fsp3) is 0.259. The number of nitrogens with two attached hydrogens (primary N) is 1. The van der Waals surface area contributed by atoms with Gasteiger partial charge in [-0.2, -0.15) is 0 Å². The zero-order valence-electron chi connectivity index (χ0n) is 20.6. The summed E-state index contributed by atoms with van der Waals surface area (Å²) in [4.78, 5) is 27.2. The van der Waals surface area contributed by atoms with Gasteiger partial charge in [0, 0.05) is 17.8 Å². The maximum Gasteiger partial charge on any atom is 0.322 e. The molecule has 1 aliphatic rings. The standard InChI is InChI=1S/C27H29FN4O4S/c1-17(2)18-9-12-20(13-10-18)30-27(34)32-15-5-7-24(32)26(33)31-23-14-11-19(16-22(23)28)21-6-3-4-8-25(21)37(29,35)36/h3-4,6,8-14,16-17,24H,5,7,15H2,1-2H3,(H,30,34)(H,31,33)(H2,29,35,36). The highest BCUT2D eigenvalue weighted by Gasteiger charge is 2.34. The van der Waals surface area contributed by atoms with Gasteiger partial charge in [-0.15, -0.1) is 0 Å². The van der Waals surface area contributed by atoms with Crippen LogP contribution in [0.25, 0.3) is 11.1 Å². The second-order valence-corrected chi connectivity index (χ2v) is 10.8. The summed E-state index contributed by atoms with van der Waals surface area (Å²) >= 11 is 0. The zero-order chi connectivity index (χ0) is 26.7. The van der Waals surface area contributed by atoms with Crippen molar-refractivity contribution >= 4 is 33.3 Å². The molecule has 1 fully saturated rings. The Morgan fingerprint density at radius 1 is 1.03 bits per heavy atom. The fourth-order valence-corrected chi connectivity index (χ4v) is 5.14. The Bertz CT molecular complexity index is 1420. The third-order valence-corrected chi connectivity index (χ3v) is 7.35. The first-order valence-corrected chi connectivity index (χ1v) is 13.5. The van der Waals surface area contributed by atoms with Crippen LogP contribution in [-0.2, 0) is 14.8 Å². The van der Waals surface area contributed by atoms with Gasteiger partial charge in [0.15, 0.2) is 0 Å². The molecule has 0 aliphatic carbocycles. The van der Waals surface area contributed by atoms with Crippen LogP contribution >= 0.6 is 0 Å². The molecule has 0 aromatic heterocycles. The normalized spacial score (nSPS) is 15.6. The highest BCUT2D eigenvalue weighted by molar-refractivity contribution is 7.89. The molecule has 4 rings (SSSR count). The Kier molecular flexibility index (Phi) is 7.60. The molecule has 4 N–H and O–H groups in total. The lowest BCUT2D eigenvalue weighted by Crippen LogP contribution is -2.45. The first kappa shape index (κ1) is 26.3. The Morgan fingerprint density at radius 3 is 2.38 bits per heavy atom. The largest absolute Gasteiger partial charge is 0.322 e. The maximum absolute atomic E-state index is 15.0. The van der Waals surface area contributed by atoms with E-state index in [2.05, 4.69) is 24.5 Å². The highest BCUT2D eigenvalue weighted by atomic mass is 32.2. The van der Waals surface area contributed by atoms with Crippen molar-refractivity contribution < 1.29 is 22.4 Å². The van der Waals surface area contributed by atoms with Gasteiger partial charge in [0.2, 0.25) is 15.9 Å². The summed E-state index contributed by atoms with van der Waals surface area (Å²) in [7, 11) is -4.01. The van der Waals surface area contributed by atoms with Crippen molar-refractivity contribution in [3.63, 3.8) is 0 Å². The summed E-state index contributed by atoms with van der Waals surface area (Å²) in [6.45, 7) is 4.57. The van der Waals surface area contributed by atoms with Crippen LogP contribution in [0.3, 0.4) is 0 Å². The SMILES string of the molecule is CC(C)c1ccc(NC(=O)N2CCCC2C(=O)Nc2ccc(-c3ccccc3S(N)(=O)=O)cc2F)cc1. The lowest BCUT2D eigenvalue weighted by Gasteiger charge is -2.24. The number of primary sulfonamides is 1. The number of nitrogens with zero attached hydrogens (tertiary/aromatic N) is 1. The van der Waals surface area contributed by atoms with Gasteiger partial charge in [0.05, 0.1) is 10.6 Å². The van der Waals surface area contributed by atoms with Gasteiger partial charge in [-0.05, 0) is 60.2 Å². The first-order valence-electron chi connectivity index (χ1n) is 11.9. The highest BCUT2D eigenvalue weighted by Crippen LogP contribution is 2.30. The first-order chi connectivity index (χ1) is 17.5. The van der Waals surface area contributed by atoms with Crippen LogP contribution in [0.2, 0.25) is 0 Å². The Hall–Kier alpha value is -3.76. The number of amides is 3. The summed E-state index contributed by atoms with van der Waals surface area (Å²) in [5.74, 6) is -0.872. The Balaban J connectivity index is 1.47. The molecule has 8 nitrogen and oxygen atoms in total. The number of urea groups is 1. The predicted octanol–water partition coefficient (Wildman–Crippen LogP) is 4.90. The van der Waals surface area contributed by atoms with Crippen molar-refractivity contribution in [1.29, 1.82) is 0 Å². The van der Waals surface area contributed by atoms with Crippen molar-refractivity contribution in [2.45, 2.75) is 43.5 Å². The third-order valence-electron chi connectivity index (χ3n) is 6.38. The van der Waals surface area contributed by atoms with Gasteiger partial charge >= 0.3 is 6.03 Å². The number of hydrogen-bond acceptors (Lipinski definition) is 4. The topological polar surface area (TPSA) is 122 Å². The molecule has 10 heteroatoms. The van der Waals surface area contributed by atoms with Crippen molar-refractivity contribution in [3.05, 3.63) is 78.1 Å². The van der Waals surface area contributed by atoms with Crippen LogP contribution in [-0.4, -0.2) is 37.8 Å². The lowest BCUT2D eigenvalue weighted by molar-refractivity contribution is -0.119. The van der Waals surface area contributed by atoms with Crippen LogP contribution in [0.15, 0.2) is 71.6 Å². The van der Waals surface area contributed by atoms with Crippen molar-refractivity contribution in [1.82, 2.24) is 4.90 Å². The molecule has 1 saturated heterocycles. The number of halogens is 1. The molecule has 1 atom stereocenters. The van der Waals surface area contributed by atoms with Gasteiger partial charge in [-0.25, -0.2) is 22.7 Å². The molecule has 194 valence electrons. The summed E-state index contributed by atoms with van der Waals surface area (Å²) in [6.07, 6.45) is 1.09. The van der Waals surface area contributed by atoms with E-state index in [4.69, 9.17) is 5.14 Å². The number of likely N-dealkylation sites (tertiary alicyclic amines) is 1. The minimum absolute atomic E-state index is 0.0710.